The van der Waals surface area contributed by atoms with Gasteiger partial charge in [0.2, 0.25) is 5.91 Å². The summed E-state index contributed by atoms with van der Waals surface area (Å²) in [6.07, 6.45) is 4.24. The van der Waals surface area contributed by atoms with Crippen molar-refractivity contribution in [2.75, 3.05) is 19.6 Å². The fourth-order valence-electron chi connectivity index (χ4n) is 2.55. The summed E-state index contributed by atoms with van der Waals surface area (Å²) in [4.78, 5) is 15.4. The lowest BCUT2D eigenvalue weighted by molar-refractivity contribution is -0.121. The fourth-order valence-corrected chi connectivity index (χ4v) is 3.20. The van der Waals surface area contributed by atoms with Crippen LogP contribution in [0.5, 0.6) is 0 Å². The Morgan fingerprint density at radius 2 is 2.42 bits per heavy atom. The van der Waals surface area contributed by atoms with E-state index in [4.69, 9.17) is 5.73 Å². The predicted molar refractivity (Wildman–Crippen MR) is 79.0 cm³/mol. The van der Waals surface area contributed by atoms with Gasteiger partial charge in [0.25, 0.3) is 0 Å². The summed E-state index contributed by atoms with van der Waals surface area (Å²) in [7, 11) is 0. The molecule has 2 rings (SSSR count). The predicted octanol–water partition coefficient (Wildman–Crippen LogP) is 1.57. The Balaban J connectivity index is 1.67. The summed E-state index contributed by atoms with van der Waals surface area (Å²) in [5.74, 6) is 0.134. The Kier molecular flexibility index (Phi) is 5.82. The number of nitrogens with zero attached hydrogens (tertiary/aromatic N) is 1. The molecule has 1 amide bonds. The maximum atomic E-state index is 11.8. The maximum absolute atomic E-state index is 11.8. The van der Waals surface area contributed by atoms with E-state index in [1.807, 2.05) is 17.5 Å². The number of carbonyl (C=O) groups is 1. The highest BCUT2D eigenvalue weighted by Crippen LogP contribution is 2.16. The average molecular weight is 281 g/mol. The van der Waals surface area contributed by atoms with Gasteiger partial charge in [-0.2, -0.15) is 0 Å². The summed E-state index contributed by atoms with van der Waals surface area (Å²) >= 11 is 1.67. The standard InChI is InChI=1S/C14H23N3OS/c15-10-12-4-1-2-7-17(12)8-6-14(18)16-11-13-5-3-9-19-13/h3,5,9,12H,1-2,4,6-8,10-11,15H2,(H,16,18)/t12-/m1/s1. The van der Waals surface area contributed by atoms with E-state index in [1.165, 1.54) is 24.1 Å². The van der Waals surface area contributed by atoms with Gasteiger partial charge in [-0.15, -0.1) is 11.3 Å². The van der Waals surface area contributed by atoms with Crippen molar-refractivity contribution in [3.8, 4) is 0 Å². The van der Waals surface area contributed by atoms with E-state index >= 15 is 0 Å². The van der Waals surface area contributed by atoms with E-state index in [0.29, 0.717) is 25.6 Å². The monoisotopic (exact) mass is 281 g/mol. The highest BCUT2D eigenvalue weighted by molar-refractivity contribution is 7.09. The third-order valence-corrected chi connectivity index (χ3v) is 4.56. The molecule has 1 fully saturated rings. The van der Waals surface area contributed by atoms with Crippen LogP contribution in [-0.4, -0.2) is 36.5 Å². The maximum Gasteiger partial charge on any atom is 0.221 e. The molecule has 0 spiro atoms. The number of likely N-dealkylation sites (tertiary alicyclic amines) is 1. The molecule has 0 bridgehead atoms. The van der Waals surface area contributed by atoms with Gasteiger partial charge in [-0.05, 0) is 30.8 Å². The average Bonchev–Trinajstić information content (AvgIpc) is 2.96. The Bertz CT molecular complexity index is 380. The second-order valence-electron chi connectivity index (χ2n) is 5.03. The molecule has 0 radical (unpaired) electrons. The topological polar surface area (TPSA) is 58.4 Å². The van der Waals surface area contributed by atoms with E-state index in [9.17, 15) is 4.79 Å². The lowest BCUT2D eigenvalue weighted by Gasteiger charge is -2.34. The van der Waals surface area contributed by atoms with E-state index in [0.717, 1.165) is 13.1 Å². The Hall–Kier alpha value is -0.910. The molecule has 1 aromatic heterocycles. The first-order chi connectivity index (χ1) is 9.29. The zero-order chi connectivity index (χ0) is 13.5. The molecule has 1 aliphatic rings. The quantitative estimate of drug-likeness (QED) is 0.832. The van der Waals surface area contributed by atoms with E-state index in [1.54, 1.807) is 11.3 Å². The van der Waals surface area contributed by atoms with Crippen molar-refractivity contribution in [2.24, 2.45) is 5.73 Å². The number of nitrogens with one attached hydrogen (secondary N) is 1. The molecule has 0 saturated carbocycles. The van der Waals surface area contributed by atoms with Crippen molar-refractivity contribution in [1.29, 1.82) is 0 Å². The summed E-state index contributed by atoms with van der Waals surface area (Å²) in [6, 6.07) is 4.52. The van der Waals surface area contributed by atoms with Crippen LogP contribution in [0.3, 0.4) is 0 Å². The smallest absolute Gasteiger partial charge is 0.221 e. The Labute approximate surface area is 119 Å². The minimum Gasteiger partial charge on any atom is -0.351 e. The van der Waals surface area contributed by atoms with Crippen molar-refractivity contribution in [3.63, 3.8) is 0 Å². The minimum atomic E-state index is 0.134. The molecule has 0 aliphatic carbocycles. The highest BCUT2D eigenvalue weighted by atomic mass is 32.1. The third kappa shape index (κ3) is 4.60. The van der Waals surface area contributed by atoms with Gasteiger partial charge in [0.1, 0.15) is 0 Å². The summed E-state index contributed by atoms with van der Waals surface area (Å²) in [6.45, 7) is 3.27. The SMILES string of the molecule is NC[C@H]1CCCCN1CCC(=O)NCc1cccs1. The van der Waals surface area contributed by atoms with Gasteiger partial charge < -0.3 is 11.1 Å². The summed E-state index contributed by atoms with van der Waals surface area (Å²) < 4.78 is 0. The number of piperidine rings is 1. The molecule has 4 nitrogen and oxygen atoms in total. The van der Waals surface area contributed by atoms with Crippen LogP contribution in [0.1, 0.15) is 30.6 Å². The van der Waals surface area contributed by atoms with Crippen LogP contribution in [0.2, 0.25) is 0 Å². The zero-order valence-corrected chi connectivity index (χ0v) is 12.1. The zero-order valence-electron chi connectivity index (χ0n) is 11.3. The molecule has 1 atom stereocenters. The molecule has 0 aromatic carbocycles. The largest absolute Gasteiger partial charge is 0.351 e. The number of carbonyl (C=O) groups excluding carboxylic acids is 1. The van der Waals surface area contributed by atoms with Crippen molar-refractivity contribution < 1.29 is 4.79 Å². The normalized spacial score (nSPS) is 20.4. The number of nitrogens with two attached hydrogens (primary N) is 1. The van der Waals surface area contributed by atoms with Crippen LogP contribution in [0.25, 0.3) is 0 Å². The van der Waals surface area contributed by atoms with E-state index in [-0.39, 0.29) is 5.91 Å². The third-order valence-electron chi connectivity index (χ3n) is 3.69. The van der Waals surface area contributed by atoms with Crippen molar-refractivity contribution in [1.82, 2.24) is 10.2 Å². The second-order valence-corrected chi connectivity index (χ2v) is 6.06. The van der Waals surface area contributed by atoms with E-state index < -0.39 is 0 Å². The fraction of sp³-hybridized carbons (Fsp3) is 0.643. The van der Waals surface area contributed by atoms with Crippen LogP contribution in [0, 0.1) is 0 Å². The molecule has 5 heteroatoms. The number of hydrogen-bond donors (Lipinski definition) is 2. The lowest BCUT2D eigenvalue weighted by atomic mass is 10.0. The molecule has 2 heterocycles. The van der Waals surface area contributed by atoms with Crippen LogP contribution in [-0.2, 0) is 11.3 Å². The number of amides is 1. The molecule has 106 valence electrons. The van der Waals surface area contributed by atoms with Gasteiger partial charge in [-0.3, -0.25) is 9.69 Å². The van der Waals surface area contributed by atoms with Crippen LogP contribution in [0.15, 0.2) is 17.5 Å². The summed E-state index contributed by atoms with van der Waals surface area (Å²) in [5.41, 5.74) is 5.78. The van der Waals surface area contributed by atoms with Gasteiger partial charge in [0.15, 0.2) is 0 Å². The summed E-state index contributed by atoms with van der Waals surface area (Å²) in [5, 5.41) is 5.00. The highest BCUT2D eigenvalue weighted by Gasteiger charge is 2.21. The van der Waals surface area contributed by atoms with Crippen LogP contribution < -0.4 is 11.1 Å². The molecule has 0 unspecified atom stereocenters. The molecule has 19 heavy (non-hydrogen) atoms. The Morgan fingerprint density at radius 3 is 3.16 bits per heavy atom. The van der Waals surface area contributed by atoms with Crippen LogP contribution >= 0.6 is 11.3 Å². The number of thiophene rings is 1. The van der Waals surface area contributed by atoms with Gasteiger partial charge in [0.05, 0.1) is 6.54 Å². The van der Waals surface area contributed by atoms with Gasteiger partial charge in [-0.25, -0.2) is 0 Å². The van der Waals surface area contributed by atoms with Crippen molar-refractivity contribution >= 4 is 17.2 Å². The van der Waals surface area contributed by atoms with Crippen molar-refractivity contribution in [3.05, 3.63) is 22.4 Å². The van der Waals surface area contributed by atoms with Gasteiger partial charge >= 0.3 is 0 Å². The number of rotatable bonds is 6. The number of hydrogen-bond acceptors (Lipinski definition) is 4. The Morgan fingerprint density at radius 1 is 1.53 bits per heavy atom. The first-order valence-corrected chi connectivity index (χ1v) is 7.91. The molecule has 1 aliphatic heterocycles. The second kappa shape index (κ2) is 7.62. The minimum absolute atomic E-state index is 0.134. The van der Waals surface area contributed by atoms with Crippen LogP contribution in [0.4, 0.5) is 0 Å². The first kappa shape index (κ1) is 14.5. The first-order valence-electron chi connectivity index (χ1n) is 7.03. The van der Waals surface area contributed by atoms with Gasteiger partial charge in [0, 0.05) is 30.4 Å². The van der Waals surface area contributed by atoms with Crippen molar-refractivity contribution in [2.45, 2.75) is 38.3 Å². The molecular weight excluding hydrogens is 258 g/mol. The molecule has 1 saturated heterocycles. The van der Waals surface area contributed by atoms with E-state index in [2.05, 4.69) is 10.2 Å². The molecule has 3 N–H and O–H groups in total. The molecular formula is C14H23N3OS. The van der Waals surface area contributed by atoms with Gasteiger partial charge in [-0.1, -0.05) is 12.5 Å². The molecule has 1 aromatic rings. The lowest BCUT2D eigenvalue weighted by Crippen LogP contribution is -2.45.